The number of amides is 1. The number of carbonyl (C=O) groups is 2. The zero-order valence-electron chi connectivity index (χ0n) is 13.8. The molecule has 1 saturated carbocycles. The highest BCUT2D eigenvalue weighted by atomic mass is 16.5. The second-order valence-corrected chi connectivity index (χ2v) is 6.81. The minimum atomic E-state index is -0.947. The van der Waals surface area contributed by atoms with E-state index in [1.54, 1.807) is 38.1 Å². The third kappa shape index (κ3) is 4.98. The highest BCUT2D eigenvalue weighted by Crippen LogP contribution is 2.20. The standard InChI is InChI=1S/C18H25NO4/c1-18(2,17(21)22)12-23-15-10-8-13(9-11-15)16(20)19-14-6-4-3-5-7-14/h8-11,14H,3-7,12H2,1-2H3,(H,19,20)(H,21,22). The Bertz CT molecular complexity index is 545. The van der Waals surface area contributed by atoms with Gasteiger partial charge in [-0.2, -0.15) is 0 Å². The minimum Gasteiger partial charge on any atom is -0.492 e. The van der Waals surface area contributed by atoms with Crippen LogP contribution in [0, 0.1) is 5.41 Å². The molecule has 0 atom stereocenters. The van der Waals surface area contributed by atoms with Crippen LogP contribution >= 0.6 is 0 Å². The van der Waals surface area contributed by atoms with Crippen LogP contribution in [0.15, 0.2) is 24.3 Å². The Morgan fingerprint density at radius 1 is 1.17 bits per heavy atom. The van der Waals surface area contributed by atoms with E-state index < -0.39 is 11.4 Å². The Morgan fingerprint density at radius 3 is 2.35 bits per heavy atom. The predicted molar refractivity (Wildman–Crippen MR) is 87.7 cm³/mol. The molecule has 0 bridgehead atoms. The van der Waals surface area contributed by atoms with Crippen molar-refractivity contribution < 1.29 is 19.4 Å². The van der Waals surface area contributed by atoms with Crippen molar-refractivity contribution in [3.8, 4) is 5.75 Å². The van der Waals surface area contributed by atoms with Crippen LogP contribution in [0.25, 0.3) is 0 Å². The molecule has 2 N–H and O–H groups in total. The number of aliphatic carboxylic acids is 1. The van der Waals surface area contributed by atoms with Gasteiger partial charge in [-0.05, 0) is 51.0 Å². The summed E-state index contributed by atoms with van der Waals surface area (Å²) in [7, 11) is 0. The van der Waals surface area contributed by atoms with Gasteiger partial charge in [0.1, 0.15) is 12.4 Å². The fraction of sp³-hybridized carbons (Fsp3) is 0.556. The van der Waals surface area contributed by atoms with Crippen molar-refractivity contribution in [2.45, 2.75) is 52.0 Å². The van der Waals surface area contributed by atoms with Crippen molar-refractivity contribution in [2.75, 3.05) is 6.61 Å². The first kappa shape index (κ1) is 17.3. The van der Waals surface area contributed by atoms with E-state index in [2.05, 4.69) is 5.32 Å². The molecule has 1 aliphatic carbocycles. The zero-order valence-corrected chi connectivity index (χ0v) is 13.8. The quantitative estimate of drug-likeness (QED) is 0.844. The first-order valence-electron chi connectivity index (χ1n) is 8.15. The van der Waals surface area contributed by atoms with Crippen molar-refractivity contribution >= 4 is 11.9 Å². The predicted octanol–water partition coefficient (Wildman–Crippen LogP) is 3.24. The van der Waals surface area contributed by atoms with Gasteiger partial charge < -0.3 is 15.2 Å². The Balaban J connectivity index is 1.88. The van der Waals surface area contributed by atoms with Crippen LogP contribution in [0.3, 0.4) is 0 Å². The molecule has 1 aromatic rings. The number of hydrogen-bond acceptors (Lipinski definition) is 3. The third-order valence-corrected chi connectivity index (χ3v) is 4.24. The molecule has 0 heterocycles. The largest absolute Gasteiger partial charge is 0.492 e. The number of benzene rings is 1. The van der Waals surface area contributed by atoms with Gasteiger partial charge in [0.15, 0.2) is 0 Å². The topological polar surface area (TPSA) is 75.6 Å². The second-order valence-electron chi connectivity index (χ2n) is 6.81. The lowest BCUT2D eigenvalue weighted by atomic mass is 9.95. The average molecular weight is 319 g/mol. The van der Waals surface area contributed by atoms with E-state index in [1.165, 1.54) is 19.3 Å². The van der Waals surface area contributed by atoms with Crippen LogP contribution in [0.1, 0.15) is 56.3 Å². The number of carboxylic acids is 1. The lowest BCUT2D eigenvalue weighted by Gasteiger charge is -2.23. The Morgan fingerprint density at radius 2 is 1.78 bits per heavy atom. The summed E-state index contributed by atoms with van der Waals surface area (Å²) in [5, 5.41) is 12.1. The van der Waals surface area contributed by atoms with Crippen LogP contribution in [-0.4, -0.2) is 29.6 Å². The second kappa shape index (κ2) is 7.49. The molecule has 0 unspecified atom stereocenters. The number of carboxylic acid groups (broad SMARTS) is 1. The molecular weight excluding hydrogens is 294 g/mol. The van der Waals surface area contributed by atoms with E-state index in [-0.39, 0.29) is 18.6 Å². The third-order valence-electron chi connectivity index (χ3n) is 4.24. The molecule has 0 aromatic heterocycles. The fourth-order valence-electron chi connectivity index (χ4n) is 2.54. The number of rotatable bonds is 6. The molecule has 1 aromatic carbocycles. The lowest BCUT2D eigenvalue weighted by molar-refractivity contribution is -0.148. The zero-order chi connectivity index (χ0) is 16.9. The molecule has 1 amide bonds. The molecule has 0 aliphatic heterocycles. The van der Waals surface area contributed by atoms with E-state index in [9.17, 15) is 9.59 Å². The van der Waals surface area contributed by atoms with Gasteiger partial charge in [0.25, 0.3) is 5.91 Å². The van der Waals surface area contributed by atoms with Gasteiger partial charge in [-0.3, -0.25) is 9.59 Å². The molecule has 1 fully saturated rings. The normalized spacial score (nSPS) is 15.9. The van der Waals surface area contributed by atoms with Crippen LogP contribution in [0.4, 0.5) is 0 Å². The smallest absolute Gasteiger partial charge is 0.312 e. The molecule has 126 valence electrons. The fourth-order valence-corrected chi connectivity index (χ4v) is 2.54. The number of nitrogens with one attached hydrogen (secondary N) is 1. The van der Waals surface area contributed by atoms with Gasteiger partial charge >= 0.3 is 5.97 Å². The summed E-state index contributed by atoms with van der Waals surface area (Å²) < 4.78 is 5.50. The van der Waals surface area contributed by atoms with Crippen LogP contribution in [0.2, 0.25) is 0 Å². The summed E-state index contributed by atoms with van der Waals surface area (Å²) in [6.07, 6.45) is 5.72. The van der Waals surface area contributed by atoms with Crippen molar-refractivity contribution in [1.82, 2.24) is 5.32 Å². The molecule has 5 heteroatoms. The van der Waals surface area contributed by atoms with Crippen molar-refractivity contribution in [3.63, 3.8) is 0 Å². The maximum Gasteiger partial charge on any atom is 0.312 e. The first-order chi connectivity index (χ1) is 10.9. The van der Waals surface area contributed by atoms with E-state index in [0.29, 0.717) is 11.3 Å². The molecule has 5 nitrogen and oxygen atoms in total. The monoisotopic (exact) mass is 319 g/mol. The van der Waals surface area contributed by atoms with Gasteiger partial charge in [-0.1, -0.05) is 19.3 Å². The SMILES string of the molecule is CC(C)(COc1ccc(C(=O)NC2CCCCC2)cc1)C(=O)O. The summed E-state index contributed by atoms with van der Waals surface area (Å²) in [6, 6.07) is 7.10. The van der Waals surface area contributed by atoms with Gasteiger partial charge in [0, 0.05) is 11.6 Å². The summed E-state index contributed by atoms with van der Waals surface area (Å²) >= 11 is 0. The maximum atomic E-state index is 12.2. The van der Waals surface area contributed by atoms with Crippen molar-refractivity contribution in [3.05, 3.63) is 29.8 Å². The van der Waals surface area contributed by atoms with Crippen LogP contribution in [0.5, 0.6) is 5.75 Å². The molecule has 0 radical (unpaired) electrons. The Hall–Kier alpha value is -2.04. The number of ether oxygens (including phenoxy) is 1. The minimum absolute atomic E-state index is 0.0608. The van der Waals surface area contributed by atoms with Gasteiger partial charge in [0.05, 0.1) is 5.41 Å². The van der Waals surface area contributed by atoms with E-state index in [4.69, 9.17) is 9.84 Å². The summed E-state index contributed by atoms with van der Waals surface area (Å²) in [5.41, 5.74) is -0.350. The molecule has 0 spiro atoms. The molecule has 0 saturated heterocycles. The van der Waals surface area contributed by atoms with E-state index >= 15 is 0 Å². The summed E-state index contributed by atoms with van der Waals surface area (Å²) in [5.74, 6) is -0.399. The van der Waals surface area contributed by atoms with Gasteiger partial charge in [-0.15, -0.1) is 0 Å². The van der Waals surface area contributed by atoms with Gasteiger partial charge in [0.2, 0.25) is 0 Å². The highest BCUT2D eigenvalue weighted by molar-refractivity contribution is 5.94. The van der Waals surface area contributed by atoms with E-state index in [0.717, 1.165) is 12.8 Å². The maximum absolute atomic E-state index is 12.2. The molecule has 1 aliphatic rings. The van der Waals surface area contributed by atoms with Crippen LogP contribution in [-0.2, 0) is 4.79 Å². The number of carbonyl (C=O) groups excluding carboxylic acids is 1. The lowest BCUT2D eigenvalue weighted by Crippen LogP contribution is -2.36. The van der Waals surface area contributed by atoms with Gasteiger partial charge in [-0.25, -0.2) is 0 Å². The van der Waals surface area contributed by atoms with Crippen molar-refractivity contribution in [2.24, 2.45) is 5.41 Å². The number of hydrogen-bond donors (Lipinski definition) is 2. The van der Waals surface area contributed by atoms with E-state index in [1.807, 2.05) is 0 Å². The molecule has 23 heavy (non-hydrogen) atoms. The van der Waals surface area contributed by atoms with Crippen LogP contribution < -0.4 is 10.1 Å². The molecule has 2 rings (SSSR count). The van der Waals surface area contributed by atoms with Crippen molar-refractivity contribution in [1.29, 1.82) is 0 Å². The first-order valence-corrected chi connectivity index (χ1v) is 8.15. The summed E-state index contributed by atoms with van der Waals surface area (Å²) in [4.78, 5) is 23.2. The Kier molecular flexibility index (Phi) is 5.64. The Labute approximate surface area is 137 Å². The molecular formula is C18H25NO4. The average Bonchev–Trinajstić information content (AvgIpc) is 2.54. The summed E-state index contributed by atoms with van der Waals surface area (Å²) in [6.45, 7) is 3.30. The highest BCUT2D eigenvalue weighted by Gasteiger charge is 2.28.